The van der Waals surface area contributed by atoms with E-state index in [0.29, 0.717) is 6.54 Å². The largest absolute Gasteiger partial charge is 0.331 e. The number of nitriles is 1. The number of amides is 2. The lowest BCUT2D eigenvalue weighted by molar-refractivity contribution is 0.232. The molecule has 2 aromatic carbocycles. The summed E-state index contributed by atoms with van der Waals surface area (Å²) < 4.78 is 0. The lowest BCUT2D eigenvalue weighted by atomic mass is 10.0. The SMILES string of the molecule is N#CN1CC(c2ccc(-c3ccccc3)cc2)NC1=O. The first-order valence-electron chi connectivity index (χ1n) is 6.41. The zero-order valence-corrected chi connectivity index (χ0v) is 10.8. The maximum absolute atomic E-state index is 11.5. The molecule has 2 aromatic rings. The second-order valence-corrected chi connectivity index (χ2v) is 4.70. The van der Waals surface area contributed by atoms with Crippen molar-refractivity contribution in [3.63, 3.8) is 0 Å². The van der Waals surface area contributed by atoms with Gasteiger partial charge in [0.25, 0.3) is 0 Å². The maximum atomic E-state index is 11.5. The Morgan fingerprint density at radius 1 is 1.05 bits per heavy atom. The quantitative estimate of drug-likeness (QED) is 0.847. The van der Waals surface area contributed by atoms with E-state index in [4.69, 9.17) is 5.26 Å². The Balaban J connectivity index is 1.81. The Labute approximate surface area is 117 Å². The Bertz CT molecular complexity index is 658. The van der Waals surface area contributed by atoms with Crippen molar-refractivity contribution >= 4 is 6.03 Å². The van der Waals surface area contributed by atoms with Crippen LogP contribution in [-0.4, -0.2) is 17.5 Å². The summed E-state index contributed by atoms with van der Waals surface area (Å²) in [4.78, 5) is 12.6. The number of carbonyl (C=O) groups is 1. The summed E-state index contributed by atoms with van der Waals surface area (Å²) in [5.74, 6) is 0. The van der Waals surface area contributed by atoms with Crippen molar-refractivity contribution < 1.29 is 4.79 Å². The van der Waals surface area contributed by atoms with Crippen LogP contribution in [0.25, 0.3) is 11.1 Å². The molecule has 20 heavy (non-hydrogen) atoms. The number of nitrogens with one attached hydrogen (secondary N) is 1. The summed E-state index contributed by atoms with van der Waals surface area (Å²) in [7, 11) is 0. The third-order valence-corrected chi connectivity index (χ3v) is 3.45. The number of nitrogens with zero attached hydrogens (tertiary/aromatic N) is 2. The van der Waals surface area contributed by atoms with Crippen LogP contribution in [0.4, 0.5) is 4.79 Å². The Kier molecular flexibility index (Phi) is 3.10. The van der Waals surface area contributed by atoms with Gasteiger partial charge < -0.3 is 5.32 Å². The van der Waals surface area contributed by atoms with Gasteiger partial charge in [-0.05, 0) is 16.7 Å². The minimum Gasteiger partial charge on any atom is -0.328 e. The third kappa shape index (κ3) is 2.21. The van der Waals surface area contributed by atoms with Gasteiger partial charge in [-0.25, -0.2) is 9.69 Å². The second kappa shape index (κ2) is 5.06. The molecular weight excluding hydrogens is 250 g/mol. The van der Waals surface area contributed by atoms with Crippen molar-refractivity contribution in [1.29, 1.82) is 5.26 Å². The van der Waals surface area contributed by atoms with Crippen LogP contribution in [-0.2, 0) is 0 Å². The molecule has 0 bridgehead atoms. The van der Waals surface area contributed by atoms with Crippen LogP contribution in [0.5, 0.6) is 0 Å². The molecule has 1 N–H and O–H groups in total. The molecule has 1 fully saturated rings. The first-order chi connectivity index (χ1) is 9.78. The topological polar surface area (TPSA) is 56.1 Å². The molecule has 0 spiro atoms. The molecule has 98 valence electrons. The Morgan fingerprint density at radius 3 is 2.30 bits per heavy atom. The molecule has 1 unspecified atom stereocenters. The summed E-state index contributed by atoms with van der Waals surface area (Å²) >= 11 is 0. The predicted octanol–water partition coefficient (Wildman–Crippen LogP) is 2.90. The van der Waals surface area contributed by atoms with E-state index in [1.807, 2.05) is 48.7 Å². The predicted molar refractivity (Wildman–Crippen MR) is 75.5 cm³/mol. The van der Waals surface area contributed by atoms with Crippen molar-refractivity contribution in [2.45, 2.75) is 6.04 Å². The minimum absolute atomic E-state index is 0.119. The van der Waals surface area contributed by atoms with Crippen molar-refractivity contribution in [2.75, 3.05) is 6.54 Å². The standard InChI is InChI=1S/C16H13N3O/c17-11-19-10-15(18-16(19)20)14-8-6-13(7-9-14)12-4-2-1-3-5-12/h1-9,15H,10H2,(H,18,20). The third-order valence-electron chi connectivity index (χ3n) is 3.45. The number of carbonyl (C=O) groups excluding carboxylic acids is 1. The van der Waals surface area contributed by atoms with E-state index >= 15 is 0 Å². The number of benzene rings is 2. The molecule has 0 aromatic heterocycles. The molecule has 0 radical (unpaired) electrons. The van der Waals surface area contributed by atoms with Crippen LogP contribution in [0.1, 0.15) is 11.6 Å². The molecule has 3 rings (SSSR count). The average Bonchev–Trinajstić information content (AvgIpc) is 2.89. The number of hydrogen-bond acceptors (Lipinski definition) is 2. The maximum Gasteiger partial charge on any atom is 0.331 e. The highest BCUT2D eigenvalue weighted by molar-refractivity contribution is 5.78. The minimum atomic E-state index is -0.329. The van der Waals surface area contributed by atoms with Gasteiger partial charge in [-0.3, -0.25) is 0 Å². The van der Waals surface area contributed by atoms with E-state index in [9.17, 15) is 4.79 Å². The lowest BCUT2D eigenvalue weighted by Gasteiger charge is -2.10. The van der Waals surface area contributed by atoms with Gasteiger partial charge in [0.15, 0.2) is 6.19 Å². The molecule has 4 nitrogen and oxygen atoms in total. The van der Waals surface area contributed by atoms with Gasteiger partial charge in [0.05, 0.1) is 12.6 Å². The summed E-state index contributed by atoms with van der Waals surface area (Å²) in [6, 6.07) is 17.7. The monoisotopic (exact) mass is 263 g/mol. The summed E-state index contributed by atoms with van der Waals surface area (Å²) in [6.45, 7) is 0.389. The van der Waals surface area contributed by atoms with E-state index in [0.717, 1.165) is 21.6 Å². The fourth-order valence-corrected chi connectivity index (χ4v) is 2.35. The molecule has 1 saturated heterocycles. The second-order valence-electron chi connectivity index (χ2n) is 4.70. The van der Waals surface area contributed by atoms with Crippen LogP contribution in [0.15, 0.2) is 54.6 Å². The van der Waals surface area contributed by atoms with Gasteiger partial charge in [0, 0.05) is 0 Å². The van der Waals surface area contributed by atoms with Crippen molar-refractivity contribution in [2.24, 2.45) is 0 Å². The molecule has 2 amide bonds. The summed E-state index contributed by atoms with van der Waals surface area (Å²) in [6.07, 6.45) is 1.87. The van der Waals surface area contributed by atoms with E-state index < -0.39 is 0 Å². The van der Waals surface area contributed by atoms with E-state index in [1.54, 1.807) is 0 Å². The fourth-order valence-electron chi connectivity index (χ4n) is 2.35. The van der Waals surface area contributed by atoms with Crippen LogP contribution in [0.3, 0.4) is 0 Å². The molecule has 1 aliphatic rings. The zero-order chi connectivity index (χ0) is 13.9. The highest BCUT2D eigenvalue weighted by atomic mass is 16.2. The molecule has 1 atom stereocenters. The molecule has 0 aliphatic carbocycles. The van der Waals surface area contributed by atoms with E-state index in [2.05, 4.69) is 17.4 Å². The lowest BCUT2D eigenvalue weighted by Crippen LogP contribution is -2.23. The van der Waals surface area contributed by atoms with Crippen LogP contribution >= 0.6 is 0 Å². The molecule has 1 heterocycles. The number of urea groups is 1. The summed E-state index contributed by atoms with van der Waals surface area (Å²) in [5.41, 5.74) is 3.31. The van der Waals surface area contributed by atoms with Crippen molar-refractivity contribution in [3.05, 3.63) is 60.2 Å². The van der Waals surface area contributed by atoms with Crippen LogP contribution < -0.4 is 5.32 Å². The smallest absolute Gasteiger partial charge is 0.328 e. The Morgan fingerprint density at radius 2 is 1.70 bits per heavy atom. The molecule has 0 saturated carbocycles. The van der Waals surface area contributed by atoms with Crippen LogP contribution in [0, 0.1) is 11.5 Å². The molecular formula is C16H13N3O. The average molecular weight is 263 g/mol. The van der Waals surface area contributed by atoms with Gasteiger partial charge in [-0.15, -0.1) is 0 Å². The van der Waals surface area contributed by atoms with Gasteiger partial charge in [-0.1, -0.05) is 54.6 Å². The van der Waals surface area contributed by atoms with Crippen LogP contribution in [0.2, 0.25) is 0 Å². The highest BCUT2D eigenvalue weighted by Crippen LogP contribution is 2.24. The number of rotatable bonds is 2. The molecule has 1 aliphatic heterocycles. The Hall–Kier alpha value is -2.80. The first kappa shape index (κ1) is 12.2. The fraction of sp³-hybridized carbons (Fsp3) is 0.125. The van der Waals surface area contributed by atoms with Crippen molar-refractivity contribution in [1.82, 2.24) is 10.2 Å². The van der Waals surface area contributed by atoms with Gasteiger partial charge in [0.2, 0.25) is 0 Å². The van der Waals surface area contributed by atoms with E-state index in [1.165, 1.54) is 0 Å². The van der Waals surface area contributed by atoms with Gasteiger partial charge >= 0.3 is 6.03 Å². The van der Waals surface area contributed by atoms with E-state index in [-0.39, 0.29) is 12.1 Å². The summed E-state index contributed by atoms with van der Waals surface area (Å²) in [5, 5.41) is 11.6. The number of hydrogen-bond donors (Lipinski definition) is 1. The molecule has 4 heteroatoms. The van der Waals surface area contributed by atoms with Crippen molar-refractivity contribution in [3.8, 4) is 17.3 Å². The van der Waals surface area contributed by atoms with Gasteiger partial charge in [0.1, 0.15) is 0 Å². The normalized spacial score (nSPS) is 17.6. The van der Waals surface area contributed by atoms with Gasteiger partial charge in [-0.2, -0.15) is 5.26 Å². The zero-order valence-electron chi connectivity index (χ0n) is 10.8. The first-order valence-corrected chi connectivity index (χ1v) is 6.41. The highest BCUT2D eigenvalue weighted by Gasteiger charge is 2.29.